The number of nitrogens with zero attached hydrogens (tertiary/aromatic N) is 1. The van der Waals surface area contributed by atoms with Gasteiger partial charge in [-0.05, 0) is 61.8 Å². The SMILES string of the molecule is CCOC(=N)C(CCCCl)c1cc(N2CC(C)CC(C)C2)ccc1Cl. The molecule has 3 atom stereocenters. The molecule has 0 saturated carbocycles. The number of hydrogen-bond acceptors (Lipinski definition) is 3. The van der Waals surface area contributed by atoms with E-state index in [1.54, 1.807) is 0 Å². The molecule has 1 N–H and O–H groups in total. The van der Waals surface area contributed by atoms with Crippen molar-refractivity contribution in [1.82, 2.24) is 0 Å². The molecular weight excluding hydrogens is 355 g/mol. The fourth-order valence-corrected chi connectivity index (χ4v) is 4.24. The molecule has 0 aliphatic carbocycles. The van der Waals surface area contributed by atoms with Crippen LogP contribution in [0, 0.1) is 17.2 Å². The van der Waals surface area contributed by atoms with Crippen molar-refractivity contribution in [1.29, 1.82) is 5.41 Å². The van der Waals surface area contributed by atoms with Gasteiger partial charge in [0.2, 0.25) is 0 Å². The molecule has 1 aromatic carbocycles. The molecule has 5 heteroatoms. The van der Waals surface area contributed by atoms with Crippen molar-refractivity contribution in [2.75, 3.05) is 30.5 Å². The summed E-state index contributed by atoms with van der Waals surface area (Å²) in [5.74, 6) is 2.11. The Kier molecular flexibility index (Phi) is 7.89. The molecule has 1 fully saturated rings. The molecule has 1 aliphatic heterocycles. The summed E-state index contributed by atoms with van der Waals surface area (Å²) in [5.41, 5.74) is 2.17. The standard InChI is InChI=1S/C20H30Cl2N2O/c1-4-25-20(23)17(6-5-9-21)18-11-16(7-8-19(18)22)24-12-14(2)10-15(3)13-24/h7-8,11,14-15,17,23H,4-6,9-10,12-13H2,1-3H3. The fraction of sp³-hybridized carbons (Fsp3) is 0.650. The number of halogens is 2. The van der Waals surface area contributed by atoms with Crippen LogP contribution in [-0.4, -0.2) is 31.5 Å². The number of benzene rings is 1. The van der Waals surface area contributed by atoms with E-state index in [1.165, 1.54) is 12.1 Å². The summed E-state index contributed by atoms with van der Waals surface area (Å²) in [6.45, 7) is 9.17. The van der Waals surface area contributed by atoms with Gasteiger partial charge >= 0.3 is 0 Å². The first-order chi connectivity index (χ1) is 12.0. The van der Waals surface area contributed by atoms with Crippen LogP contribution in [0.5, 0.6) is 0 Å². The van der Waals surface area contributed by atoms with Crippen molar-refractivity contribution in [3.05, 3.63) is 28.8 Å². The predicted molar refractivity (Wildman–Crippen MR) is 109 cm³/mol. The van der Waals surface area contributed by atoms with Crippen LogP contribution in [0.1, 0.15) is 51.5 Å². The molecule has 1 aromatic rings. The highest BCUT2D eigenvalue weighted by molar-refractivity contribution is 6.31. The number of nitrogens with one attached hydrogen (secondary N) is 1. The second-order valence-corrected chi connectivity index (χ2v) is 8.02. The van der Waals surface area contributed by atoms with Crippen LogP contribution in [0.3, 0.4) is 0 Å². The maximum absolute atomic E-state index is 8.30. The van der Waals surface area contributed by atoms with Gasteiger partial charge in [0.05, 0.1) is 12.5 Å². The monoisotopic (exact) mass is 384 g/mol. The summed E-state index contributed by atoms with van der Waals surface area (Å²) < 4.78 is 5.50. The molecule has 0 bridgehead atoms. The fourth-order valence-electron chi connectivity index (χ4n) is 3.83. The van der Waals surface area contributed by atoms with E-state index in [9.17, 15) is 0 Å². The van der Waals surface area contributed by atoms with E-state index in [4.69, 9.17) is 33.3 Å². The maximum Gasteiger partial charge on any atom is 0.188 e. The predicted octanol–water partition coefficient (Wildman–Crippen LogP) is 5.94. The summed E-state index contributed by atoms with van der Waals surface area (Å²) in [5, 5.41) is 9.00. The second-order valence-electron chi connectivity index (χ2n) is 7.24. The Morgan fingerprint density at radius 1 is 1.32 bits per heavy atom. The van der Waals surface area contributed by atoms with Gasteiger partial charge in [0.25, 0.3) is 0 Å². The van der Waals surface area contributed by atoms with Gasteiger partial charge in [-0.3, -0.25) is 5.41 Å². The minimum absolute atomic E-state index is 0.134. The van der Waals surface area contributed by atoms with Gasteiger partial charge < -0.3 is 9.64 Å². The van der Waals surface area contributed by atoms with Crippen molar-refractivity contribution in [3.63, 3.8) is 0 Å². The second kappa shape index (κ2) is 9.68. The van der Waals surface area contributed by atoms with E-state index in [1.807, 2.05) is 13.0 Å². The van der Waals surface area contributed by atoms with Crippen molar-refractivity contribution >= 4 is 34.8 Å². The Morgan fingerprint density at radius 3 is 2.60 bits per heavy atom. The molecule has 0 aromatic heterocycles. The van der Waals surface area contributed by atoms with E-state index < -0.39 is 0 Å². The molecule has 140 valence electrons. The molecule has 0 amide bonds. The van der Waals surface area contributed by atoms with Gasteiger partial charge in [0.15, 0.2) is 5.90 Å². The Hall–Kier alpha value is -0.930. The average Bonchev–Trinajstić information content (AvgIpc) is 2.56. The van der Waals surface area contributed by atoms with Gasteiger partial charge in [-0.2, -0.15) is 0 Å². The number of alkyl halides is 1. The minimum Gasteiger partial charge on any atom is -0.481 e. The zero-order valence-corrected chi connectivity index (χ0v) is 17.0. The molecule has 1 saturated heterocycles. The molecule has 1 aliphatic rings. The van der Waals surface area contributed by atoms with Gasteiger partial charge in [0, 0.05) is 29.7 Å². The summed E-state index contributed by atoms with van der Waals surface area (Å²) >= 11 is 12.4. The summed E-state index contributed by atoms with van der Waals surface area (Å²) in [7, 11) is 0. The highest BCUT2D eigenvalue weighted by Gasteiger charge is 2.25. The molecule has 0 spiro atoms. The quantitative estimate of drug-likeness (QED) is 0.358. The summed E-state index contributed by atoms with van der Waals surface area (Å²) in [6, 6.07) is 6.21. The minimum atomic E-state index is -0.134. The topological polar surface area (TPSA) is 36.3 Å². The van der Waals surface area contributed by atoms with Gasteiger partial charge in [0.1, 0.15) is 0 Å². The molecule has 0 radical (unpaired) electrons. The lowest BCUT2D eigenvalue weighted by atomic mass is 9.90. The van der Waals surface area contributed by atoms with Crippen LogP contribution in [-0.2, 0) is 4.74 Å². The van der Waals surface area contributed by atoms with Gasteiger partial charge in [-0.25, -0.2) is 0 Å². The summed E-state index contributed by atoms with van der Waals surface area (Å²) in [4.78, 5) is 2.45. The molecule has 3 unspecified atom stereocenters. The number of ether oxygens (including phenoxy) is 1. The van der Waals surface area contributed by atoms with Crippen molar-refractivity contribution in [2.24, 2.45) is 11.8 Å². The Balaban J connectivity index is 2.30. The molecule has 25 heavy (non-hydrogen) atoms. The van der Waals surface area contributed by atoms with Crippen LogP contribution in [0.15, 0.2) is 18.2 Å². The van der Waals surface area contributed by atoms with Crippen LogP contribution in [0.4, 0.5) is 5.69 Å². The zero-order valence-electron chi connectivity index (χ0n) is 15.5. The van der Waals surface area contributed by atoms with Gasteiger partial charge in [-0.1, -0.05) is 25.4 Å². The first kappa shape index (κ1) is 20.4. The van der Waals surface area contributed by atoms with E-state index in [-0.39, 0.29) is 11.8 Å². The van der Waals surface area contributed by atoms with E-state index >= 15 is 0 Å². The lowest BCUT2D eigenvalue weighted by Crippen LogP contribution is -2.38. The molecule has 1 heterocycles. The lowest BCUT2D eigenvalue weighted by molar-refractivity contribution is 0.305. The first-order valence-electron chi connectivity index (χ1n) is 9.27. The Morgan fingerprint density at radius 2 is 2.00 bits per heavy atom. The smallest absolute Gasteiger partial charge is 0.188 e. The number of hydrogen-bond donors (Lipinski definition) is 1. The average molecular weight is 385 g/mol. The summed E-state index contributed by atoms with van der Waals surface area (Å²) in [6.07, 6.45) is 2.89. The normalized spacial score (nSPS) is 21.9. The third-order valence-electron chi connectivity index (χ3n) is 4.83. The Bertz CT molecular complexity index is 569. The van der Waals surface area contributed by atoms with Crippen LogP contribution in [0.25, 0.3) is 0 Å². The van der Waals surface area contributed by atoms with E-state index in [0.717, 1.165) is 31.5 Å². The zero-order chi connectivity index (χ0) is 18.4. The highest BCUT2D eigenvalue weighted by atomic mass is 35.5. The number of piperidine rings is 1. The lowest BCUT2D eigenvalue weighted by Gasteiger charge is -2.37. The third kappa shape index (κ3) is 5.52. The van der Waals surface area contributed by atoms with Crippen LogP contribution < -0.4 is 4.90 Å². The maximum atomic E-state index is 8.30. The van der Waals surface area contributed by atoms with Gasteiger partial charge in [-0.15, -0.1) is 11.6 Å². The molecule has 2 rings (SSSR count). The third-order valence-corrected chi connectivity index (χ3v) is 5.44. The van der Waals surface area contributed by atoms with E-state index in [0.29, 0.717) is 29.3 Å². The molecular formula is C20H30Cl2N2O. The highest BCUT2D eigenvalue weighted by Crippen LogP contribution is 2.35. The Labute approximate surface area is 162 Å². The number of rotatable bonds is 7. The van der Waals surface area contributed by atoms with Crippen molar-refractivity contribution in [3.8, 4) is 0 Å². The van der Waals surface area contributed by atoms with E-state index in [2.05, 4.69) is 30.9 Å². The van der Waals surface area contributed by atoms with Crippen molar-refractivity contribution in [2.45, 2.75) is 46.0 Å². The first-order valence-corrected chi connectivity index (χ1v) is 10.2. The number of anilines is 1. The van der Waals surface area contributed by atoms with Crippen LogP contribution in [0.2, 0.25) is 5.02 Å². The molecule has 3 nitrogen and oxygen atoms in total. The largest absolute Gasteiger partial charge is 0.481 e. The van der Waals surface area contributed by atoms with Crippen LogP contribution >= 0.6 is 23.2 Å². The van der Waals surface area contributed by atoms with Crippen molar-refractivity contribution < 1.29 is 4.74 Å².